The van der Waals surface area contributed by atoms with Gasteiger partial charge < -0.3 is 4.74 Å². The number of ether oxygens (including phenoxy) is 1. The Labute approximate surface area is 166 Å². The molecular formula is C24H29F3O. The van der Waals surface area contributed by atoms with Gasteiger partial charge in [0.15, 0.2) is 0 Å². The van der Waals surface area contributed by atoms with Crippen LogP contribution in [-0.4, -0.2) is 0 Å². The van der Waals surface area contributed by atoms with Crippen molar-refractivity contribution >= 4 is 0 Å². The highest BCUT2D eigenvalue weighted by atomic mass is 19.4. The molecule has 0 saturated carbocycles. The van der Waals surface area contributed by atoms with Gasteiger partial charge in [0.05, 0.1) is 5.56 Å². The van der Waals surface area contributed by atoms with Crippen LogP contribution in [0.2, 0.25) is 0 Å². The molecule has 0 spiro atoms. The van der Waals surface area contributed by atoms with E-state index in [0.29, 0.717) is 5.75 Å². The molecule has 152 valence electrons. The second kappa shape index (κ2) is 10.9. The molecule has 0 heterocycles. The van der Waals surface area contributed by atoms with Crippen LogP contribution in [0.1, 0.15) is 69.6 Å². The van der Waals surface area contributed by atoms with Crippen molar-refractivity contribution in [2.45, 2.75) is 64.7 Å². The van der Waals surface area contributed by atoms with Crippen LogP contribution in [0, 0.1) is 0 Å². The molecule has 0 N–H and O–H groups in total. The van der Waals surface area contributed by atoms with Gasteiger partial charge in [0.25, 0.3) is 0 Å². The number of allylic oxidation sites excluding steroid dienone is 2. The molecule has 2 aromatic rings. The Morgan fingerprint density at radius 1 is 1.00 bits per heavy atom. The van der Waals surface area contributed by atoms with E-state index in [4.69, 9.17) is 4.74 Å². The number of rotatable bonds is 10. The Kier molecular flexibility index (Phi) is 8.62. The van der Waals surface area contributed by atoms with E-state index in [2.05, 4.69) is 19.9 Å². The molecule has 0 aliphatic rings. The molecule has 0 fully saturated rings. The Hall–Kier alpha value is -2.23. The first-order valence-corrected chi connectivity index (χ1v) is 10.0. The quantitative estimate of drug-likeness (QED) is 0.372. The Morgan fingerprint density at radius 3 is 2.25 bits per heavy atom. The first-order valence-electron chi connectivity index (χ1n) is 10.0. The van der Waals surface area contributed by atoms with Crippen molar-refractivity contribution < 1.29 is 17.9 Å². The van der Waals surface area contributed by atoms with Gasteiger partial charge >= 0.3 is 6.18 Å². The number of alkyl halides is 3. The average molecular weight is 390 g/mol. The molecule has 0 aromatic heterocycles. The highest BCUT2D eigenvalue weighted by Crippen LogP contribution is 2.32. The van der Waals surface area contributed by atoms with E-state index in [9.17, 15) is 13.2 Å². The molecule has 0 aliphatic heterocycles. The zero-order chi connectivity index (χ0) is 20.4. The van der Waals surface area contributed by atoms with Crippen LogP contribution in [0.5, 0.6) is 5.75 Å². The lowest BCUT2D eigenvalue weighted by Crippen LogP contribution is -2.08. The van der Waals surface area contributed by atoms with Crippen LogP contribution in [0.3, 0.4) is 0 Å². The summed E-state index contributed by atoms with van der Waals surface area (Å²) in [5.41, 5.74) is 1.83. The van der Waals surface area contributed by atoms with Gasteiger partial charge in [-0.2, -0.15) is 13.2 Å². The van der Waals surface area contributed by atoms with Gasteiger partial charge in [-0.3, -0.25) is 0 Å². The van der Waals surface area contributed by atoms with Gasteiger partial charge in [-0.15, -0.1) is 0 Å². The zero-order valence-corrected chi connectivity index (χ0v) is 16.6. The molecule has 1 unspecified atom stereocenters. The maximum absolute atomic E-state index is 12.8. The van der Waals surface area contributed by atoms with Gasteiger partial charge in [0, 0.05) is 0 Å². The zero-order valence-electron chi connectivity index (χ0n) is 16.6. The van der Waals surface area contributed by atoms with Gasteiger partial charge in [-0.1, -0.05) is 62.2 Å². The summed E-state index contributed by atoms with van der Waals surface area (Å²) in [6.45, 7) is 4.37. The van der Waals surface area contributed by atoms with Crippen molar-refractivity contribution in [3.05, 3.63) is 77.4 Å². The molecule has 2 aromatic carbocycles. The Bertz CT molecular complexity index is 718. The maximum Gasteiger partial charge on any atom is 0.416 e. The van der Waals surface area contributed by atoms with E-state index in [1.807, 2.05) is 30.3 Å². The van der Waals surface area contributed by atoms with E-state index in [1.54, 1.807) is 0 Å². The summed E-state index contributed by atoms with van der Waals surface area (Å²) in [6, 6.07) is 14.8. The van der Waals surface area contributed by atoms with Crippen molar-refractivity contribution in [1.29, 1.82) is 0 Å². The topological polar surface area (TPSA) is 9.23 Å². The minimum Gasteiger partial charge on any atom is -0.486 e. The van der Waals surface area contributed by atoms with Crippen molar-refractivity contribution in [2.24, 2.45) is 0 Å². The number of benzene rings is 2. The maximum atomic E-state index is 12.8. The van der Waals surface area contributed by atoms with Gasteiger partial charge in [0.1, 0.15) is 11.9 Å². The van der Waals surface area contributed by atoms with Crippen LogP contribution < -0.4 is 4.74 Å². The average Bonchev–Trinajstić information content (AvgIpc) is 2.70. The number of hydrogen-bond acceptors (Lipinski definition) is 1. The lowest BCUT2D eigenvalue weighted by atomic mass is 10.0. The normalized spacial score (nSPS) is 13.4. The summed E-state index contributed by atoms with van der Waals surface area (Å²) in [4.78, 5) is 0. The number of hydrogen-bond donors (Lipinski definition) is 0. The second-order valence-corrected chi connectivity index (χ2v) is 6.94. The SMILES string of the molecule is CCCC/C(=C/CCC(Oc1ccc(C(F)(F)F)cc1)c1ccccc1)CC. The standard InChI is InChI=1S/C24H29F3O/c1-3-5-10-19(4-2)11-9-14-23(20-12-7-6-8-13-20)28-22-17-15-21(16-18-22)24(25,26)27/h6-8,11-13,15-18,23H,3-5,9-10,14H2,1-2H3/b19-11+. The predicted molar refractivity (Wildman–Crippen MR) is 108 cm³/mol. The molecule has 0 aliphatic carbocycles. The molecule has 0 radical (unpaired) electrons. The fourth-order valence-corrected chi connectivity index (χ4v) is 3.11. The molecule has 1 nitrogen and oxygen atoms in total. The van der Waals surface area contributed by atoms with Gasteiger partial charge in [0.2, 0.25) is 0 Å². The lowest BCUT2D eigenvalue weighted by Gasteiger charge is -2.20. The van der Waals surface area contributed by atoms with E-state index in [-0.39, 0.29) is 6.10 Å². The van der Waals surface area contributed by atoms with Crippen LogP contribution in [-0.2, 0) is 6.18 Å². The monoisotopic (exact) mass is 390 g/mol. The third kappa shape index (κ3) is 7.06. The van der Waals surface area contributed by atoms with E-state index in [1.165, 1.54) is 30.5 Å². The van der Waals surface area contributed by atoms with Crippen molar-refractivity contribution in [2.75, 3.05) is 0 Å². The molecule has 0 saturated heterocycles. The highest BCUT2D eigenvalue weighted by Gasteiger charge is 2.30. The summed E-state index contributed by atoms with van der Waals surface area (Å²) in [6.07, 6.45) is 3.98. The minimum atomic E-state index is -4.34. The summed E-state index contributed by atoms with van der Waals surface area (Å²) >= 11 is 0. The summed E-state index contributed by atoms with van der Waals surface area (Å²) in [7, 11) is 0. The lowest BCUT2D eigenvalue weighted by molar-refractivity contribution is -0.137. The minimum absolute atomic E-state index is 0.196. The second-order valence-electron chi connectivity index (χ2n) is 6.94. The van der Waals surface area contributed by atoms with Crippen LogP contribution >= 0.6 is 0 Å². The Morgan fingerprint density at radius 2 is 1.68 bits per heavy atom. The molecule has 28 heavy (non-hydrogen) atoms. The van der Waals surface area contributed by atoms with Gasteiger partial charge in [-0.05, 0) is 61.9 Å². The summed E-state index contributed by atoms with van der Waals surface area (Å²) in [5.74, 6) is 0.451. The van der Waals surface area contributed by atoms with E-state index < -0.39 is 11.7 Å². The predicted octanol–water partition coefficient (Wildman–Crippen LogP) is 8.13. The fraction of sp³-hybridized carbons (Fsp3) is 0.417. The number of unbranched alkanes of at least 4 members (excludes halogenated alkanes) is 1. The van der Waals surface area contributed by atoms with Crippen molar-refractivity contribution in [3.8, 4) is 5.75 Å². The highest BCUT2D eigenvalue weighted by molar-refractivity contribution is 5.30. The van der Waals surface area contributed by atoms with Crippen molar-refractivity contribution in [3.63, 3.8) is 0 Å². The van der Waals surface area contributed by atoms with Crippen LogP contribution in [0.25, 0.3) is 0 Å². The van der Waals surface area contributed by atoms with E-state index in [0.717, 1.165) is 43.4 Å². The third-order valence-electron chi connectivity index (χ3n) is 4.80. The number of halogens is 3. The van der Waals surface area contributed by atoms with Gasteiger partial charge in [-0.25, -0.2) is 0 Å². The Balaban J connectivity index is 2.09. The van der Waals surface area contributed by atoms with E-state index >= 15 is 0 Å². The summed E-state index contributed by atoms with van der Waals surface area (Å²) in [5, 5.41) is 0. The molecule has 1 atom stereocenters. The first kappa shape index (κ1) is 22.1. The molecular weight excluding hydrogens is 361 g/mol. The molecule has 0 bridgehead atoms. The van der Waals surface area contributed by atoms with Crippen LogP contribution in [0.4, 0.5) is 13.2 Å². The molecule has 4 heteroatoms. The smallest absolute Gasteiger partial charge is 0.416 e. The third-order valence-corrected chi connectivity index (χ3v) is 4.80. The summed E-state index contributed by atoms with van der Waals surface area (Å²) < 4.78 is 44.4. The van der Waals surface area contributed by atoms with Crippen LogP contribution in [0.15, 0.2) is 66.2 Å². The van der Waals surface area contributed by atoms with Crippen molar-refractivity contribution in [1.82, 2.24) is 0 Å². The largest absolute Gasteiger partial charge is 0.486 e. The first-order chi connectivity index (χ1) is 13.4. The fourth-order valence-electron chi connectivity index (χ4n) is 3.11. The molecule has 0 amide bonds. The molecule has 2 rings (SSSR count).